The molecule has 2 aliphatic rings. The van der Waals surface area contributed by atoms with Gasteiger partial charge in [-0.2, -0.15) is 0 Å². The van der Waals surface area contributed by atoms with Crippen molar-refractivity contribution in [2.75, 3.05) is 5.32 Å². The highest BCUT2D eigenvalue weighted by atomic mass is 32.2. The second kappa shape index (κ2) is 6.54. The Morgan fingerprint density at radius 1 is 0.885 bits per heavy atom. The maximum atomic E-state index is 13.3. The number of fused-ring (bicyclic) bond motifs is 1. The van der Waals surface area contributed by atoms with Crippen LogP contribution in [0.5, 0.6) is 0 Å². The monoisotopic (exact) mass is 369 g/mol. The molecule has 0 bridgehead atoms. The number of benzene rings is 2. The summed E-state index contributed by atoms with van der Waals surface area (Å²) in [6.45, 7) is 0. The number of nitrogens with one attached hydrogen (secondary N) is 1. The summed E-state index contributed by atoms with van der Waals surface area (Å²) >= 11 is 0. The number of hydrogen-bond donors (Lipinski definition) is 1. The molecule has 2 aliphatic carbocycles. The number of sulfone groups is 1. The second-order valence-electron chi connectivity index (χ2n) is 7.31. The normalized spacial score (nSPS) is 18.5. The number of carbonyl (C=O) groups is 1. The minimum absolute atomic E-state index is 0.228. The summed E-state index contributed by atoms with van der Waals surface area (Å²) in [5.74, 6) is -0.392. The highest BCUT2D eigenvalue weighted by molar-refractivity contribution is 7.93. The Balaban J connectivity index is 1.67. The molecule has 0 atom stereocenters. The molecule has 136 valence electrons. The van der Waals surface area contributed by atoms with Crippen molar-refractivity contribution in [2.45, 2.75) is 54.6 Å². The summed E-state index contributed by atoms with van der Waals surface area (Å²) < 4.78 is 25.3. The molecule has 2 aromatic carbocycles. The van der Waals surface area contributed by atoms with E-state index >= 15 is 0 Å². The van der Waals surface area contributed by atoms with Crippen LogP contribution in [-0.4, -0.2) is 19.1 Å². The largest absolute Gasteiger partial charge is 0.325 e. The van der Waals surface area contributed by atoms with Crippen LogP contribution in [0.3, 0.4) is 0 Å². The third-order valence-electron chi connectivity index (χ3n) is 5.75. The predicted octanol–water partition coefficient (Wildman–Crippen LogP) is 3.90. The summed E-state index contributed by atoms with van der Waals surface area (Å²) in [6, 6.07) is 14.3. The zero-order valence-electron chi connectivity index (χ0n) is 14.7. The van der Waals surface area contributed by atoms with Crippen molar-refractivity contribution < 1.29 is 13.2 Å². The van der Waals surface area contributed by atoms with E-state index in [1.54, 1.807) is 30.3 Å². The Morgan fingerprint density at radius 2 is 1.58 bits per heavy atom. The molecule has 4 rings (SSSR count). The molecule has 0 aliphatic heterocycles. The minimum atomic E-state index is -3.74. The van der Waals surface area contributed by atoms with E-state index in [1.165, 1.54) is 11.1 Å². The van der Waals surface area contributed by atoms with Crippen LogP contribution >= 0.6 is 0 Å². The van der Waals surface area contributed by atoms with Gasteiger partial charge in [-0.1, -0.05) is 37.1 Å². The third-order valence-corrected chi connectivity index (χ3v) is 8.26. The Hall–Kier alpha value is -2.14. The van der Waals surface area contributed by atoms with E-state index in [1.807, 2.05) is 18.2 Å². The average Bonchev–Trinajstić information content (AvgIpc) is 3.32. The van der Waals surface area contributed by atoms with Gasteiger partial charge in [0.2, 0.25) is 5.91 Å². The lowest BCUT2D eigenvalue weighted by molar-refractivity contribution is -0.118. The molecule has 0 unspecified atom stereocenters. The summed E-state index contributed by atoms with van der Waals surface area (Å²) in [7, 11) is -3.74. The van der Waals surface area contributed by atoms with Crippen molar-refractivity contribution in [3.05, 3.63) is 59.7 Å². The fraction of sp³-hybridized carbons (Fsp3) is 0.381. The van der Waals surface area contributed by atoms with Crippen LogP contribution in [0.1, 0.15) is 43.2 Å². The van der Waals surface area contributed by atoms with E-state index in [0.717, 1.165) is 32.1 Å². The molecule has 26 heavy (non-hydrogen) atoms. The molecule has 0 heterocycles. The van der Waals surface area contributed by atoms with E-state index in [4.69, 9.17) is 0 Å². The number of carbonyl (C=O) groups excluding carboxylic acids is 1. The predicted molar refractivity (Wildman–Crippen MR) is 102 cm³/mol. The van der Waals surface area contributed by atoms with Gasteiger partial charge in [0.1, 0.15) is 0 Å². The van der Waals surface area contributed by atoms with E-state index < -0.39 is 20.5 Å². The van der Waals surface area contributed by atoms with Gasteiger partial charge < -0.3 is 5.32 Å². The van der Waals surface area contributed by atoms with Crippen LogP contribution in [0.4, 0.5) is 5.69 Å². The molecule has 0 aromatic heterocycles. The van der Waals surface area contributed by atoms with E-state index in [0.29, 0.717) is 18.5 Å². The van der Waals surface area contributed by atoms with E-state index in [9.17, 15) is 13.2 Å². The molecular formula is C21H23NO3S. The first kappa shape index (κ1) is 17.3. The topological polar surface area (TPSA) is 63.2 Å². The molecule has 1 amide bonds. The molecule has 1 saturated carbocycles. The molecule has 0 radical (unpaired) electrons. The van der Waals surface area contributed by atoms with Crippen LogP contribution in [0.25, 0.3) is 0 Å². The highest BCUT2D eigenvalue weighted by Gasteiger charge is 2.52. The van der Waals surface area contributed by atoms with Crippen LogP contribution < -0.4 is 5.32 Å². The van der Waals surface area contributed by atoms with Gasteiger partial charge in [-0.15, -0.1) is 0 Å². The lowest BCUT2D eigenvalue weighted by atomic mass is 10.1. The first-order valence-corrected chi connectivity index (χ1v) is 10.7. The molecule has 4 nitrogen and oxygen atoms in total. The smallest absolute Gasteiger partial charge is 0.246 e. The van der Waals surface area contributed by atoms with E-state index in [-0.39, 0.29) is 4.90 Å². The fourth-order valence-corrected chi connectivity index (χ4v) is 6.37. The summed E-state index contributed by atoms with van der Waals surface area (Å²) in [5, 5.41) is 2.91. The van der Waals surface area contributed by atoms with Gasteiger partial charge in [0, 0.05) is 5.69 Å². The number of rotatable bonds is 4. The van der Waals surface area contributed by atoms with Gasteiger partial charge in [-0.05, 0) is 67.5 Å². The van der Waals surface area contributed by atoms with Crippen LogP contribution in [0.15, 0.2) is 53.4 Å². The molecule has 0 spiro atoms. The first-order chi connectivity index (χ1) is 12.5. The van der Waals surface area contributed by atoms with Crippen LogP contribution in [0.2, 0.25) is 0 Å². The molecule has 1 fully saturated rings. The van der Waals surface area contributed by atoms with Crippen molar-refractivity contribution in [1.82, 2.24) is 0 Å². The van der Waals surface area contributed by atoms with E-state index in [2.05, 4.69) is 5.32 Å². The van der Waals surface area contributed by atoms with Gasteiger partial charge >= 0.3 is 0 Å². The Morgan fingerprint density at radius 3 is 2.31 bits per heavy atom. The molecular weight excluding hydrogens is 346 g/mol. The van der Waals surface area contributed by atoms with Gasteiger partial charge in [0.15, 0.2) is 14.6 Å². The molecule has 5 heteroatoms. The quantitative estimate of drug-likeness (QED) is 0.889. The summed E-state index contributed by atoms with van der Waals surface area (Å²) in [6.07, 6.45) is 5.50. The minimum Gasteiger partial charge on any atom is -0.325 e. The Bertz CT molecular complexity index is 929. The fourth-order valence-electron chi connectivity index (χ4n) is 4.28. The zero-order valence-corrected chi connectivity index (χ0v) is 15.5. The van der Waals surface area contributed by atoms with Crippen molar-refractivity contribution in [3.8, 4) is 0 Å². The third kappa shape index (κ3) is 2.75. The highest BCUT2D eigenvalue weighted by Crippen LogP contribution is 2.41. The van der Waals surface area contributed by atoms with Gasteiger partial charge in [-0.25, -0.2) is 8.42 Å². The maximum absolute atomic E-state index is 13.3. The maximum Gasteiger partial charge on any atom is 0.246 e. The first-order valence-electron chi connectivity index (χ1n) is 9.26. The lowest BCUT2D eigenvalue weighted by Crippen LogP contribution is -2.47. The lowest BCUT2D eigenvalue weighted by Gasteiger charge is -2.27. The number of aryl methyl sites for hydroxylation is 2. The molecule has 0 saturated heterocycles. The number of amides is 1. The zero-order chi connectivity index (χ0) is 18.2. The van der Waals surface area contributed by atoms with Crippen LogP contribution in [0, 0.1) is 0 Å². The molecule has 2 aromatic rings. The molecule has 1 N–H and O–H groups in total. The SMILES string of the molecule is O=C(Nc1ccc2c(c1)CCC2)C1(S(=O)(=O)c2ccccc2)CCCC1. The van der Waals surface area contributed by atoms with Crippen molar-refractivity contribution in [1.29, 1.82) is 0 Å². The standard InChI is InChI=1S/C21H23NO3S/c23-20(22-18-12-11-16-7-6-8-17(16)15-18)21(13-4-5-14-21)26(24,25)19-9-2-1-3-10-19/h1-3,9-12,15H,4-8,13-14H2,(H,22,23). The summed E-state index contributed by atoms with van der Waals surface area (Å²) in [4.78, 5) is 13.4. The van der Waals surface area contributed by atoms with Crippen molar-refractivity contribution in [3.63, 3.8) is 0 Å². The number of hydrogen-bond acceptors (Lipinski definition) is 3. The Labute approximate surface area is 154 Å². The van der Waals surface area contributed by atoms with Gasteiger partial charge in [0.05, 0.1) is 4.90 Å². The second-order valence-corrected chi connectivity index (χ2v) is 9.57. The average molecular weight is 369 g/mol. The van der Waals surface area contributed by atoms with Crippen LogP contribution in [-0.2, 0) is 27.5 Å². The number of anilines is 1. The van der Waals surface area contributed by atoms with Crippen molar-refractivity contribution in [2.24, 2.45) is 0 Å². The summed E-state index contributed by atoms with van der Waals surface area (Å²) in [5.41, 5.74) is 3.29. The van der Waals surface area contributed by atoms with Gasteiger partial charge in [-0.3, -0.25) is 4.79 Å². The Kier molecular flexibility index (Phi) is 4.35. The van der Waals surface area contributed by atoms with Crippen molar-refractivity contribution >= 4 is 21.4 Å². The van der Waals surface area contributed by atoms with Gasteiger partial charge in [0.25, 0.3) is 0 Å².